The van der Waals surface area contributed by atoms with Crippen molar-refractivity contribution in [1.82, 2.24) is 10.6 Å². The Bertz CT molecular complexity index is 614. The second kappa shape index (κ2) is 8.68. The van der Waals surface area contributed by atoms with Gasteiger partial charge in [-0.1, -0.05) is 12.1 Å². The van der Waals surface area contributed by atoms with Crippen LogP contribution in [0.2, 0.25) is 0 Å². The average Bonchev–Trinajstić information content (AvgIpc) is 2.45. The normalized spacial score (nSPS) is 12.0. The second-order valence-electron chi connectivity index (χ2n) is 6.11. The molecule has 0 aliphatic rings. The monoisotopic (exact) mass is 399 g/mol. The molecule has 0 aromatic heterocycles. The van der Waals surface area contributed by atoms with Gasteiger partial charge >= 0.3 is 6.09 Å². The van der Waals surface area contributed by atoms with Crippen LogP contribution in [0.3, 0.4) is 0 Å². The van der Waals surface area contributed by atoms with Crippen molar-refractivity contribution in [2.75, 3.05) is 11.9 Å². The molecule has 0 aliphatic heterocycles. The first kappa shape index (κ1) is 20.0. The lowest BCUT2D eigenvalue weighted by Gasteiger charge is -2.20. The van der Waals surface area contributed by atoms with E-state index in [4.69, 9.17) is 4.74 Å². The SMILES string of the molecule is C[C@@H](NC(=O)CNC(=O)OC(C)(C)C)C(=O)Nc1ccccc1Br. The lowest BCUT2D eigenvalue weighted by molar-refractivity contribution is -0.125. The molecule has 3 N–H and O–H groups in total. The Balaban J connectivity index is 2.42. The average molecular weight is 400 g/mol. The number of carbonyl (C=O) groups excluding carboxylic acids is 3. The highest BCUT2D eigenvalue weighted by Crippen LogP contribution is 2.21. The van der Waals surface area contributed by atoms with E-state index in [0.29, 0.717) is 5.69 Å². The molecule has 0 saturated carbocycles. The maximum Gasteiger partial charge on any atom is 0.408 e. The summed E-state index contributed by atoms with van der Waals surface area (Å²) in [5.74, 6) is -0.858. The smallest absolute Gasteiger partial charge is 0.408 e. The summed E-state index contributed by atoms with van der Waals surface area (Å²) in [6.07, 6.45) is -0.692. The Morgan fingerprint density at radius 1 is 1.21 bits per heavy atom. The molecule has 0 unspecified atom stereocenters. The molecule has 3 amide bonds. The van der Waals surface area contributed by atoms with Crippen molar-refractivity contribution >= 4 is 39.5 Å². The third kappa shape index (κ3) is 7.45. The fraction of sp³-hybridized carbons (Fsp3) is 0.438. The van der Waals surface area contributed by atoms with Gasteiger partial charge in [-0.25, -0.2) is 4.79 Å². The Hall–Kier alpha value is -2.09. The quantitative estimate of drug-likeness (QED) is 0.707. The van der Waals surface area contributed by atoms with Gasteiger partial charge in [-0.15, -0.1) is 0 Å². The number of carbonyl (C=O) groups is 3. The first-order chi connectivity index (χ1) is 11.1. The fourth-order valence-corrected chi connectivity index (χ4v) is 2.01. The van der Waals surface area contributed by atoms with Crippen LogP contribution in [-0.4, -0.2) is 36.1 Å². The predicted octanol–water partition coefficient (Wildman–Crippen LogP) is 2.42. The number of hydrogen-bond acceptors (Lipinski definition) is 4. The minimum Gasteiger partial charge on any atom is -0.444 e. The van der Waals surface area contributed by atoms with E-state index in [2.05, 4.69) is 31.9 Å². The van der Waals surface area contributed by atoms with E-state index in [1.807, 2.05) is 6.07 Å². The number of hydrogen-bond donors (Lipinski definition) is 3. The van der Waals surface area contributed by atoms with Crippen molar-refractivity contribution in [2.24, 2.45) is 0 Å². The van der Waals surface area contributed by atoms with Crippen LogP contribution in [-0.2, 0) is 14.3 Å². The van der Waals surface area contributed by atoms with E-state index in [1.165, 1.54) is 0 Å². The molecule has 8 heteroatoms. The Kier molecular flexibility index (Phi) is 7.21. The summed E-state index contributed by atoms with van der Waals surface area (Å²) in [6, 6.07) is 6.39. The van der Waals surface area contributed by atoms with E-state index in [9.17, 15) is 14.4 Å². The number of anilines is 1. The number of para-hydroxylation sites is 1. The molecule has 0 spiro atoms. The standard InChI is InChI=1S/C16H22BrN3O4/c1-10(14(22)20-12-8-6-5-7-11(12)17)19-13(21)9-18-15(23)24-16(2,3)4/h5-8,10H,9H2,1-4H3,(H,18,23)(H,19,21)(H,20,22)/t10-/m1/s1. The van der Waals surface area contributed by atoms with Gasteiger partial charge in [0.05, 0.1) is 5.69 Å². The molecule has 132 valence electrons. The molecular weight excluding hydrogens is 378 g/mol. The van der Waals surface area contributed by atoms with Gasteiger partial charge in [0.1, 0.15) is 18.2 Å². The molecule has 24 heavy (non-hydrogen) atoms. The summed E-state index contributed by atoms with van der Waals surface area (Å²) in [6.45, 7) is 6.45. The number of halogens is 1. The number of rotatable bonds is 5. The molecule has 1 rings (SSSR count). The summed E-state index contributed by atoms with van der Waals surface area (Å²) in [5, 5.41) is 7.53. The fourth-order valence-electron chi connectivity index (χ4n) is 1.63. The molecule has 0 aliphatic carbocycles. The van der Waals surface area contributed by atoms with Crippen LogP contribution in [0.5, 0.6) is 0 Å². The maximum atomic E-state index is 12.1. The van der Waals surface area contributed by atoms with E-state index in [1.54, 1.807) is 45.9 Å². The molecule has 1 aromatic rings. The highest BCUT2D eigenvalue weighted by atomic mass is 79.9. The van der Waals surface area contributed by atoms with Crippen molar-refractivity contribution < 1.29 is 19.1 Å². The van der Waals surface area contributed by atoms with Gasteiger partial charge in [-0.05, 0) is 55.8 Å². The first-order valence-corrected chi connectivity index (χ1v) is 8.19. The maximum absolute atomic E-state index is 12.1. The lowest BCUT2D eigenvalue weighted by Crippen LogP contribution is -2.46. The van der Waals surface area contributed by atoms with Crippen LogP contribution in [0.1, 0.15) is 27.7 Å². The highest BCUT2D eigenvalue weighted by molar-refractivity contribution is 9.10. The second-order valence-corrected chi connectivity index (χ2v) is 6.97. The van der Waals surface area contributed by atoms with Gasteiger partial charge in [-0.2, -0.15) is 0 Å². The highest BCUT2D eigenvalue weighted by Gasteiger charge is 2.19. The van der Waals surface area contributed by atoms with Gasteiger partial charge in [-0.3, -0.25) is 9.59 Å². The minimum absolute atomic E-state index is 0.276. The van der Waals surface area contributed by atoms with E-state index in [0.717, 1.165) is 4.47 Å². The van der Waals surface area contributed by atoms with Crippen LogP contribution in [0.15, 0.2) is 28.7 Å². The molecule has 1 aromatic carbocycles. The van der Waals surface area contributed by atoms with Gasteiger partial charge in [0.2, 0.25) is 11.8 Å². The van der Waals surface area contributed by atoms with Crippen LogP contribution in [0.25, 0.3) is 0 Å². The van der Waals surface area contributed by atoms with E-state index in [-0.39, 0.29) is 12.5 Å². The predicted molar refractivity (Wildman–Crippen MR) is 94.6 cm³/mol. The van der Waals surface area contributed by atoms with Crippen molar-refractivity contribution in [1.29, 1.82) is 0 Å². The Morgan fingerprint density at radius 3 is 2.42 bits per heavy atom. The van der Waals surface area contributed by atoms with Gasteiger partial charge < -0.3 is 20.7 Å². The first-order valence-electron chi connectivity index (χ1n) is 7.40. The van der Waals surface area contributed by atoms with Crippen LogP contribution in [0.4, 0.5) is 10.5 Å². The number of alkyl carbamates (subject to hydrolysis) is 1. The lowest BCUT2D eigenvalue weighted by atomic mass is 10.2. The molecule has 0 heterocycles. The number of nitrogens with one attached hydrogen (secondary N) is 3. The Labute approximate surface area is 149 Å². The van der Waals surface area contributed by atoms with Crippen LogP contribution >= 0.6 is 15.9 Å². The molecular formula is C16H22BrN3O4. The molecule has 7 nitrogen and oxygen atoms in total. The zero-order chi connectivity index (χ0) is 18.3. The summed E-state index contributed by atoms with van der Waals surface area (Å²) < 4.78 is 5.76. The summed E-state index contributed by atoms with van der Waals surface area (Å²) in [7, 11) is 0. The zero-order valence-electron chi connectivity index (χ0n) is 14.1. The van der Waals surface area contributed by atoms with Crippen molar-refractivity contribution in [3.8, 4) is 0 Å². The molecule has 0 radical (unpaired) electrons. The summed E-state index contributed by atoms with van der Waals surface area (Å²) in [5.41, 5.74) is -0.0351. The van der Waals surface area contributed by atoms with Crippen molar-refractivity contribution in [3.63, 3.8) is 0 Å². The number of amides is 3. The van der Waals surface area contributed by atoms with Gasteiger partial charge in [0.15, 0.2) is 0 Å². The minimum atomic E-state index is -0.759. The van der Waals surface area contributed by atoms with E-state index < -0.39 is 23.6 Å². The summed E-state index contributed by atoms with van der Waals surface area (Å²) >= 11 is 3.33. The summed E-state index contributed by atoms with van der Waals surface area (Å²) in [4.78, 5) is 35.3. The third-order valence-corrected chi connectivity index (χ3v) is 3.39. The largest absolute Gasteiger partial charge is 0.444 e. The zero-order valence-corrected chi connectivity index (χ0v) is 15.7. The van der Waals surface area contributed by atoms with Crippen molar-refractivity contribution in [2.45, 2.75) is 39.3 Å². The molecule has 0 fully saturated rings. The van der Waals surface area contributed by atoms with Gasteiger partial charge in [0.25, 0.3) is 0 Å². The van der Waals surface area contributed by atoms with Crippen LogP contribution < -0.4 is 16.0 Å². The molecule has 0 bridgehead atoms. The van der Waals surface area contributed by atoms with E-state index >= 15 is 0 Å². The number of ether oxygens (including phenoxy) is 1. The van der Waals surface area contributed by atoms with Crippen molar-refractivity contribution in [3.05, 3.63) is 28.7 Å². The number of benzene rings is 1. The van der Waals surface area contributed by atoms with Crippen LogP contribution in [0, 0.1) is 0 Å². The van der Waals surface area contributed by atoms with Gasteiger partial charge in [0, 0.05) is 4.47 Å². The molecule has 1 atom stereocenters. The third-order valence-electron chi connectivity index (χ3n) is 2.69. The topological polar surface area (TPSA) is 96.5 Å². The molecule has 0 saturated heterocycles. The Morgan fingerprint density at radius 2 is 1.83 bits per heavy atom.